The minimum atomic E-state index is 0.464. The molecule has 68 heavy (non-hydrogen) atoms. The lowest BCUT2D eigenvalue weighted by atomic mass is 9.97. The molecule has 0 atom stereocenters. The fraction of sp³-hybridized carbons (Fsp3) is 0.0667. The molecule has 0 aliphatic rings. The SMILES string of the molecule is COc1ccc(N(c2ccc(/C=C\c3cc(C#N)c(/C=C/c4ccc(N(c5ccc(OC)cc5)c5ccc(OC)c6ccccc56)cc4)cc3C#N)cc2)c2ccc(OC)c3ccccc23)cc1. The van der Waals surface area contributed by atoms with Crippen molar-refractivity contribution in [1.29, 1.82) is 10.5 Å². The van der Waals surface area contributed by atoms with Crippen LogP contribution in [0.25, 0.3) is 45.8 Å². The summed E-state index contributed by atoms with van der Waals surface area (Å²) in [6.07, 6.45) is 7.70. The third-order valence-electron chi connectivity index (χ3n) is 12.0. The Morgan fingerprint density at radius 2 is 0.706 bits per heavy atom. The molecule has 0 amide bonds. The monoisotopic (exact) mass is 886 g/mol. The van der Waals surface area contributed by atoms with Gasteiger partial charge in [0.15, 0.2) is 0 Å². The van der Waals surface area contributed by atoms with Gasteiger partial charge in [-0.3, -0.25) is 0 Å². The predicted octanol–water partition coefficient (Wildman–Crippen LogP) is 15.1. The largest absolute Gasteiger partial charge is 0.497 e. The molecule has 8 nitrogen and oxygen atoms in total. The molecule has 0 unspecified atom stereocenters. The molecular weight excluding hydrogens is 841 g/mol. The van der Waals surface area contributed by atoms with E-state index in [1.165, 1.54) is 0 Å². The Morgan fingerprint density at radius 1 is 0.368 bits per heavy atom. The number of ether oxygens (including phenoxy) is 4. The van der Waals surface area contributed by atoms with E-state index in [4.69, 9.17) is 18.9 Å². The predicted molar refractivity (Wildman–Crippen MR) is 277 cm³/mol. The lowest BCUT2D eigenvalue weighted by Gasteiger charge is -2.27. The van der Waals surface area contributed by atoms with Crippen molar-refractivity contribution in [1.82, 2.24) is 0 Å². The average molecular weight is 887 g/mol. The highest BCUT2D eigenvalue weighted by Gasteiger charge is 2.19. The van der Waals surface area contributed by atoms with Crippen molar-refractivity contribution >= 4 is 80.0 Å². The van der Waals surface area contributed by atoms with Gasteiger partial charge in [0.1, 0.15) is 23.0 Å². The van der Waals surface area contributed by atoms with Gasteiger partial charge in [0.2, 0.25) is 0 Å². The summed E-state index contributed by atoms with van der Waals surface area (Å²) in [5.41, 5.74) is 9.95. The molecule has 0 saturated heterocycles. The summed E-state index contributed by atoms with van der Waals surface area (Å²) >= 11 is 0. The van der Waals surface area contributed by atoms with E-state index in [-0.39, 0.29) is 0 Å². The molecule has 330 valence electrons. The number of fused-ring (bicyclic) bond motifs is 2. The highest BCUT2D eigenvalue weighted by atomic mass is 16.5. The zero-order valence-electron chi connectivity index (χ0n) is 38.1. The third-order valence-corrected chi connectivity index (χ3v) is 12.0. The molecule has 9 aromatic carbocycles. The van der Waals surface area contributed by atoms with E-state index in [1.54, 1.807) is 40.6 Å². The molecule has 0 N–H and O–H groups in total. The van der Waals surface area contributed by atoms with Crippen LogP contribution in [0.4, 0.5) is 34.1 Å². The summed E-state index contributed by atoms with van der Waals surface area (Å²) in [7, 11) is 6.70. The van der Waals surface area contributed by atoms with Crippen molar-refractivity contribution < 1.29 is 18.9 Å². The van der Waals surface area contributed by atoms with Crippen LogP contribution in [-0.4, -0.2) is 28.4 Å². The second kappa shape index (κ2) is 19.9. The van der Waals surface area contributed by atoms with Gasteiger partial charge in [0, 0.05) is 44.3 Å². The molecule has 8 heteroatoms. The molecule has 0 heterocycles. The van der Waals surface area contributed by atoms with Crippen molar-refractivity contribution in [2.24, 2.45) is 0 Å². The fourth-order valence-corrected chi connectivity index (χ4v) is 8.52. The van der Waals surface area contributed by atoms with Gasteiger partial charge in [0.25, 0.3) is 0 Å². The highest BCUT2D eigenvalue weighted by Crippen LogP contribution is 2.44. The van der Waals surface area contributed by atoms with E-state index in [2.05, 4.69) is 82.6 Å². The standard InChI is InChI=1S/C60H46N4O4/c1-65-51-29-25-49(26-30-51)63(57-33-35-59(67-3)55-11-7-5-9-53(55)57)47-21-15-41(16-22-47)13-19-43-37-46(40-62)44(38-45(43)39-61)20-14-42-17-23-48(24-18-42)64(50-27-31-52(66-2)32-28-50)58-34-36-60(68-4)56-12-8-6-10-54(56)58/h5-38H,1-4H3/b19-13-,20-14+. The van der Waals surface area contributed by atoms with Crippen molar-refractivity contribution in [3.63, 3.8) is 0 Å². The Hall–Kier alpha value is -9.24. The zero-order chi connectivity index (χ0) is 47.0. The first kappa shape index (κ1) is 44.0. The molecule has 0 radical (unpaired) electrons. The van der Waals surface area contributed by atoms with Crippen LogP contribution in [0.2, 0.25) is 0 Å². The van der Waals surface area contributed by atoms with Gasteiger partial charge in [-0.15, -0.1) is 0 Å². The maximum Gasteiger partial charge on any atom is 0.126 e. The van der Waals surface area contributed by atoms with Crippen LogP contribution in [0.5, 0.6) is 23.0 Å². The average Bonchev–Trinajstić information content (AvgIpc) is 3.40. The molecule has 0 saturated carbocycles. The first-order valence-electron chi connectivity index (χ1n) is 22.0. The number of benzene rings is 9. The van der Waals surface area contributed by atoms with Crippen LogP contribution >= 0.6 is 0 Å². The summed E-state index contributed by atoms with van der Waals surface area (Å²) in [6.45, 7) is 0. The molecule has 0 bridgehead atoms. The Labute approximate surface area is 396 Å². The van der Waals surface area contributed by atoms with Crippen molar-refractivity contribution in [3.05, 3.63) is 215 Å². The van der Waals surface area contributed by atoms with Crippen LogP contribution in [0.3, 0.4) is 0 Å². The van der Waals surface area contributed by atoms with E-state index in [0.717, 1.165) is 89.8 Å². The van der Waals surface area contributed by atoms with Crippen LogP contribution in [0, 0.1) is 22.7 Å². The summed E-state index contributed by atoms with van der Waals surface area (Å²) < 4.78 is 22.4. The van der Waals surface area contributed by atoms with Gasteiger partial charge in [0.05, 0.1) is 63.1 Å². The first-order valence-corrected chi connectivity index (χ1v) is 22.0. The maximum atomic E-state index is 10.3. The summed E-state index contributed by atoms with van der Waals surface area (Å²) in [5.74, 6) is 3.15. The van der Waals surface area contributed by atoms with Gasteiger partial charge < -0.3 is 28.7 Å². The topological polar surface area (TPSA) is 91.0 Å². The second-order valence-electron chi connectivity index (χ2n) is 15.8. The first-order chi connectivity index (χ1) is 33.4. The summed E-state index contributed by atoms with van der Waals surface area (Å²) in [4.78, 5) is 4.42. The van der Waals surface area contributed by atoms with Gasteiger partial charge >= 0.3 is 0 Å². The van der Waals surface area contributed by atoms with Gasteiger partial charge in [-0.05, 0) is 131 Å². The maximum absolute atomic E-state index is 10.3. The van der Waals surface area contributed by atoms with E-state index in [1.807, 2.05) is 133 Å². The number of nitriles is 2. The number of anilines is 6. The molecule has 9 aromatic rings. The molecule has 9 rings (SSSR count). The lowest BCUT2D eigenvalue weighted by molar-refractivity contribution is 0.414. The molecule has 0 fully saturated rings. The Morgan fingerprint density at radius 3 is 1.03 bits per heavy atom. The van der Waals surface area contributed by atoms with Crippen molar-refractivity contribution in [2.45, 2.75) is 0 Å². The highest BCUT2D eigenvalue weighted by molar-refractivity contribution is 6.03. The van der Waals surface area contributed by atoms with Gasteiger partial charge in [-0.25, -0.2) is 0 Å². The Balaban J connectivity index is 0.980. The van der Waals surface area contributed by atoms with Crippen molar-refractivity contribution in [3.8, 4) is 35.1 Å². The molecule has 0 aliphatic heterocycles. The quantitative estimate of drug-likeness (QED) is 0.0997. The molecular formula is C60H46N4O4. The zero-order valence-corrected chi connectivity index (χ0v) is 38.1. The van der Waals surface area contributed by atoms with Crippen LogP contribution in [-0.2, 0) is 0 Å². The van der Waals surface area contributed by atoms with E-state index in [0.29, 0.717) is 22.3 Å². The number of rotatable bonds is 14. The van der Waals surface area contributed by atoms with Gasteiger partial charge in [-0.2, -0.15) is 10.5 Å². The number of hydrogen-bond donors (Lipinski definition) is 0. The smallest absolute Gasteiger partial charge is 0.126 e. The fourth-order valence-electron chi connectivity index (χ4n) is 8.52. The summed E-state index contributed by atoms with van der Waals surface area (Å²) in [5, 5.41) is 24.7. The lowest BCUT2D eigenvalue weighted by Crippen LogP contribution is -2.10. The second-order valence-corrected chi connectivity index (χ2v) is 15.8. The molecule has 0 aliphatic carbocycles. The van der Waals surface area contributed by atoms with E-state index >= 15 is 0 Å². The van der Waals surface area contributed by atoms with Crippen LogP contribution < -0.4 is 28.7 Å². The van der Waals surface area contributed by atoms with Gasteiger partial charge in [-0.1, -0.05) is 97.1 Å². The molecule has 0 aromatic heterocycles. The number of hydrogen-bond acceptors (Lipinski definition) is 8. The third kappa shape index (κ3) is 8.91. The van der Waals surface area contributed by atoms with Crippen LogP contribution in [0.1, 0.15) is 33.4 Å². The van der Waals surface area contributed by atoms with Crippen LogP contribution in [0.15, 0.2) is 182 Å². The molecule has 0 spiro atoms. The van der Waals surface area contributed by atoms with Crippen molar-refractivity contribution in [2.75, 3.05) is 38.2 Å². The number of nitrogens with zero attached hydrogens (tertiary/aromatic N) is 4. The summed E-state index contributed by atoms with van der Waals surface area (Å²) in [6, 6.07) is 65.3. The number of methoxy groups -OCH3 is 4. The van der Waals surface area contributed by atoms with E-state index in [9.17, 15) is 10.5 Å². The Kier molecular flexibility index (Phi) is 12.9. The minimum Gasteiger partial charge on any atom is -0.497 e. The van der Waals surface area contributed by atoms with E-state index < -0.39 is 0 Å². The normalized spacial score (nSPS) is 11.1. The Bertz CT molecular complexity index is 3170. The minimum absolute atomic E-state index is 0.464.